The fourth-order valence-electron chi connectivity index (χ4n) is 3.98. The van der Waals surface area contributed by atoms with Crippen molar-refractivity contribution in [1.82, 2.24) is 4.90 Å². The van der Waals surface area contributed by atoms with E-state index in [4.69, 9.17) is 4.74 Å². The van der Waals surface area contributed by atoms with Crippen LogP contribution in [0.4, 0.5) is 4.79 Å². The van der Waals surface area contributed by atoms with Crippen molar-refractivity contribution in [3.8, 4) is 11.1 Å². The zero-order valence-corrected chi connectivity index (χ0v) is 14.2. The number of ether oxygens (including phenoxy) is 1. The maximum atomic E-state index is 12.4. The molecule has 0 saturated carbocycles. The van der Waals surface area contributed by atoms with Crippen LogP contribution in [0.3, 0.4) is 0 Å². The average Bonchev–Trinajstić information content (AvgIpc) is 3.00. The van der Waals surface area contributed by atoms with E-state index in [0.717, 1.165) is 12.8 Å². The number of benzene rings is 2. The molecule has 0 atom stereocenters. The first-order valence-corrected chi connectivity index (χ1v) is 8.98. The molecule has 1 aliphatic heterocycles. The number of carbonyl (C=O) groups is 1. The van der Waals surface area contributed by atoms with Crippen LogP contribution in [-0.2, 0) is 4.74 Å². The highest BCUT2D eigenvalue weighted by Gasteiger charge is 2.30. The van der Waals surface area contributed by atoms with Gasteiger partial charge in [0.15, 0.2) is 0 Å². The lowest BCUT2D eigenvalue weighted by Gasteiger charge is -2.30. The number of piperidine rings is 1. The molecule has 1 saturated heterocycles. The lowest BCUT2D eigenvalue weighted by atomic mass is 9.98. The SMILES string of the molecule is O=C(OCC1c2ccccc2-c2ccccc21)N1CCC(CO)CC1. The number of amides is 1. The van der Waals surface area contributed by atoms with E-state index in [2.05, 4.69) is 36.4 Å². The van der Waals surface area contributed by atoms with Gasteiger partial charge in [-0.2, -0.15) is 0 Å². The summed E-state index contributed by atoms with van der Waals surface area (Å²) in [7, 11) is 0. The molecule has 2 aromatic carbocycles. The summed E-state index contributed by atoms with van der Waals surface area (Å²) in [6.45, 7) is 1.91. The summed E-state index contributed by atoms with van der Waals surface area (Å²) >= 11 is 0. The van der Waals surface area contributed by atoms with Crippen molar-refractivity contribution in [1.29, 1.82) is 0 Å². The fraction of sp³-hybridized carbons (Fsp3) is 0.381. The van der Waals surface area contributed by atoms with Crippen LogP contribution in [0.2, 0.25) is 0 Å². The first kappa shape index (κ1) is 16.2. The first-order chi connectivity index (χ1) is 12.3. The number of hydrogen-bond donors (Lipinski definition) is 1. The van der Waals surface area contributed by atoms with Gasteiger partial charge < -0.3 is 14.7 Å². The molecule has 0 bridgehead atoms. The highest BCUT2D eigenvalue weighted by atomic mass is 16.6. The molecule has 1 N–H and O–H groups in total. The summed E-state index contributed by atoms with van der Waals surface area (Å²) in [6.07, 6.45) is 1.46. The first-order valence-electron chi connectivity index (χ1n) is 8.98. The Morgan fingerprint density at radius 1 is 1.00 bits per heavy atom. The molecule has 0 spiro atoms. The Morgan fingerprint density at radius 2 is 1.56 bits per heavy atom. The minimum Gasteiger partial charge on any atom is -0.448 e. The monoisotopic (exact) mass is 337 g/mol. The lowest BCUT2D eigenvalue weighted by molar-refractivity contribution is 0.0769. The third-order valence-corrected chi connectivity index (χ3v) is 5.47. The van der Waals surface area contributed by atoms with Crippen molar-refractivity contribution < 1.29 is 14.6 Å². The summed E-state index contributed by atoms with van der Waals surface area (Å²) in [5, 5.41) is 9.21. The molecule has 0 radical (unpaired) electrons. The fourth-order valence-corrected chi connectivity index (χ4v) is 3.98. The molecule has 25 heavy (non-hydrogen) atoms. The Bertz CT molecular complexity index is 720. The molecule has 1 heterocycles. The maximum Gasteiger partial charge on any atom is 0.409 e. The lowest BCUT2D eigenvalue weighted by Crippen LogP contribution is -2.39. The largest absolute Gasteiger partial charge is 0.448 e. The van der Waals surface area contributed by atoms with E-state index >= 15 is 0 Å². The molecule has 2 aromatic rings. The number of nitrogens with zero attached hydrogens (tertiary/aromatic N) is 1. The van der Waals surface area contributed by atoms with Gasteiger partial charge >= 0.3 is 6.09 Å². The van der Waals surface area contributed by atoms with Crippen LogP contribution in [0, 0.1) is 5.92 Å². The van der Waals surface area contributed by atoms with Gasteiger partial charge in [-0.05, 0) is 41.0 Å². The number of hydrogen-bond acceptors (Lipinski definition) is 3. The van der Waals surface area contributed by atoms with Gasteiger partial charge in [-0.3, -0.25) is 0 Å². The molecule has 1 fully saturated rings. The third kappa shape index (κ3) is 3.02. The topological polar surface area (TPSA) is 49.8 Å². The summed E-state index contributed by atoms with van der Waals surface area (Å²) in [6, 6.07) is 16.7. The van der Waals surface area contributed by atoms with Crippen molar-refractivity contribution in [2.24, 2.45) is 5.92 Å². The second-order valence-electron chi connectivity index (χ2n) is 6.92. The van der Waals surface area contributed by atoms with E-state index in [1.54, 1.807) is 4.90 Å². The summed E-state index contributed by atoms with van der Waals surface area (Å²) < 4.78 is 5.67. The van der Waals surface area contributed by atoms with Crippen LogP contribution in [0.25, 0.3) is 11.1 Å². The van der Waals surface area contributed by atoms with Gasteiger partial charge in [-0.25, -0.2) is 4.79 Å². The van der Waals surface area contributed by atoms with Gasteiger partial charge in [0, 0.05) is 25.6 Å². The number of aliphatic hydroxyl groups is 1. The highest BCUT2D eigenvalue weighted by molar-refractivity contribution is 5.79. The van der Waals surface area contributed by atoms with Crippen LogP contribution in [-0.4, -0.2) is 42.4 Å². The maximum absolute atomic E-state index is 12.4. The van der Waals surface area contributed by atoms with E-state index in [9.17, 15) is 9.90 Å². The highest BCUT2D eigenvalue weighted by Crippen LogP contribution is 2.44. The molecule has 2 aliphatic rings. The molecule has 1 aliphatic carbocycles. The van der Waals surface area contributed by atoms with Crippen molar-refractivity contribution in [3.63, 3.8) is 0 Å². The zero-order valence-electron chi connectivity index (χ0n) is 14.2. The number of carbonyl (C=O) groups excluding carboxylic acids is 1. The molecule has 0 aromatic heterocycles. The molecule has 130 valence electrons. The third-order valence-electron chi connectivity index (χ3n) is 5.47. The molecule has 4 nitrogen and oxygen atoms in total. The normalized spacial score (nSPS) is 17.2. The Morgan fingerprint density at radius 3 is 2.12 bits per heavy atom. The quantitative estimate of drug-likeness (QED) is 0.930. The predicted octanol–water partition coefficient (Wildman–Crippen LogP) is 3.64. The van der Waals surface area contributed by atoms with E-state index in [0.29, 0.717) is 25.6 Å². The van der Waals surface area contributed by atoms with Crippen molar-refractivity contribution in [2.75, 3.05) is 26.3 Å². The minimum atomic E-state index is -0.238. The number of rotatable bonds is 3. The Labute approximate surface area is 148 Å². The second kappa shape index (κ2) is 6.89. The number of aliphatic hydroxyl groups excluding tert-OH is 1. The standard InChI is InChI=1S/C21H23NO3/c23-13-15-9-11-22(12-10-15)21(24)25-14-20-18-7-3-1-5-16(18)17-6-2-4-8-19(17)20/h1-8,15,20,23H,9-14H2. The average molecular weight is 337 g/mol. The molecule has 4 heteroatoms. The van der Waals surface area contributed by atoms with Gasteiger partial charge in [0.05, 0.1) is 0 Å². The van der Waals surface area contributed by atoms with Gasteiger partial charge in [-0.1, -0.05) is 48.5 Å². The van der Waals surface area contributed by atoms with Crippen molar-refractivity contribution in [2.45, 2.75) is 18.8 Å². The van der Waals surface area contributed by atoms with Gasteiger partial charge in [-0.15, -0.1) is 0 Å². The minimum absolute atomic E-state index is 0.103. The van der Waals surface area contributed by atoms with E-state index in [1.807, 2.05) is 12.1 Å². The van der Waals surface area contributed by atoms with Crippen LogP contribution in [0.5, 0.6) is 0 Å². The summed E-state index contributed by atoms with van der Waals surface area (Å²) in [4.78, 5) is 14.2. The Kier molecular flexibility index (Phi) is 4.45. The Hall–Kier alpha value is -2.33. The van der Waals surface area contributed by atoms with Crippen LogP contribution in [0.1, 0.15) is 29.9 Å². The molecule has 4 rings (SSSR count). The summed E-state index contributed by atoms with van der Waals surface area (Å²) in [5.74, 6) is 0.420. The molecular formula is C21H23NO3. The second-order valence-corrected chi connectivity index (χ2v) is 6.92. The number of likely N-dealkylation sites (tertiary alicyclic amines) is 1. The van der Waals surface area contributed by atoms with Crippen LogP contribution < -0.4 is 0 Å². The van der Waals surface area contributed by atoms with Crippen molar-refractivity contribution >= 4 is 6.09 Å². The van der Waals surface area contributed by atoms with E-state index in [-0.39, 0.29) is 18.6 Å². The van der Waals surface area contributed by atoms with E-state index in [1.165, 1.54) is 22.3 Å². The van der Waals surface area contributed by atoms with Gasteiger partial charge in [0.25, 0.3) is 0 Å². The Balaban J connectivity index is 1.46. The van der Waals surface area contributed by atoms with Crippen LogP contribution in [0.15, 0.2) is 48.5 Å². The van der Waals surface area contributed by atoms with Gasteiger partial charge in [0.2, 0.25) is 0 Å². The van der Waals surface area contributed by atoms with E-state index < -0.39 is 0 Å². The molecule has 0 unspecified atom stereocenters. The molecular weight excluding hydrogens is 314 g/mol. The summed E-state index contributed by atoms with van der Waals surface area (Å²) in [5.41, 5.74) is 4.94. The predicted molar refractivity (Wildman–Crippen MR) is 96.5 cm³/mol. The zero-order chi connectivity index (χ0) is 17.2. The van der Waals surface area contributed by atoms with Gasteiger partial charge in [0.1, 0.15) is 6.61 Å². The smallest absolute Gasteiger partial charge is 0.409 e. The molecule has 1 amide bonds. The van der Waals surface area contributed by atoms with Crippen molar-refractivity contribution in [3.05, 3.63) is 59.7 Å². The number of fused-ring (bicyclic) bond motifs is 3. The van der Waals surface area contributed by atoms with Crippen LogP contribution >= 0.6 is 0 Å².